The zero-order valence-electron chi connectivity index (χ0n) is 8.59. The fourth-order valence-electron chi connectivity index (χ4n) is 1.90. The van der Waals surface area contributed by atoms with Crippen LogP contribution in [0.15, 0.2) is 54.7 Å². The molecule has 2 nitrogen and oxygen atoms in total. The normalized spacial score (nSPS) is 10.8. The molecule has 77 valence electrons. The van der Waals surface area contributed by atoms with Crippen molar-refractivity contribution < 1.29 is 5.11 Å². The molecule has 0 bridgehead atoms. The summed E-state index contributed by atoms with van der Waals surface area (Å²) in [4.78, 5) is 0. The maximum absolute atomic E-state index is 9.81. The Balaban J connectivity index is 2.31. The SMILES string of the molecule is Oc1ccccc1-n1ccc2c[c]ccc21. The Hall–Kier alpha value is -2.22. The van der Waals surface area contributed by atoms with Gasteiger partial charge in [0.25, 0.3) is 0 Å². The van der Waals surface area contributed by atoms with E-state index >= 15 is 0 Å². The molecule has 0 amide bonds. The Morgan fingerprint density at radius 3 is 2.81 bits per heavy atom. The number of hydrogen-bond acceptors (Lipinski definition) is 1. The average molecular weight is 208 g/mol. The van der Waals surface area contributed by atoms with Crippen molar-refractivity contribution in [1.29, 1.82) is 0 Å². The first-order chi connectivity index (χ1) is 7.86. The van der Waals surface area contributed by atoms with Crippen LogP contribution >= 0.6 is 0 Å². The lowest BCUT2D eigenvalue weighted by Gasteiger charge is -2.07. The second-order valence-electron chi connectivity index (χ2n) is 3.66. The first-order valence-electron chi connectivity index (χ1n) is 5.12. The van der Waals surface area contributed by atoms with Gasteiger partial charge in [0.05, 0.1) is 11.2 Å². The van der Waals surface area contributed by atoms with E-state index in [1.165, 1.54) is 0 Å². The number of benzene rings is 2. The minimum absolute atomic E-state index is 0.285. The van der Waals surface area contributed by atoms with E-state index in [-0.39, 0.29) is 5.75 Å². The van der Waals surface area contributed by atoms with Crippen molar-refractivity contribution in [1.82, 2.24) is 4.57 Å². The minimum Gasteiger partial charge on any atom is -0.506 e. The van der Waals surface area contributed by atoms with Gasteiger partial charge in [-0.2, -0.15) is 0 Å². The number of para-hydroxylation sites is 2. The van der Waals surface area contributed by atoms with Crippen LogP contribution in [0.3, 0.4) is 0 Å². The first-order valence-corrected chi connectivity index (χ1v) is 5.12. The molecule has 0 unspecified atom stereocenters. The summed E-state index contributed by atoms with van der Waals surface area (Å²) in [7, 11) is 0. The van der Waals surface area contributed by atoms with Gasteiger partial charge < -0.3 is 9.67 Å². The molecule has 0 fully saturated rings. The van der Waals surface area contributed by atoms with Crippen LogP contribution in [-0.4, -0.2) is 9.67 Å². The second kappa shape index (κ2) is 3.42. The topological polar surface area (TPSA) is 25.2 Å². The molecule has 3 aromatic rings. The molecule has 0 saturated heterocycles. The smallest absolute Gasteiger partial charge is 0.139 e. The van der Waals surface area contributed by atoms with Gasteiger partial charge in [-0.05, 0) is 36.4 Å². The van der Waals surface area contributed by atoms with Gasteiger partial charge >= 0.3 is 0 Å². The van der Waals surface area contributed by atoms with Crippen LogP contribution in [0.4, 0.5) is 0 Å². The second-order valence-corrected chi connectivity index (χ2v) is 3.66. The van der Waals surface area contributed by atoms with E-state index in [0.717, 1.165) is 16.6 Å². The molecule has 2 aromatic carbocycles. The molecule has 0 saturated carbocycles. The Morgan fingerprint density at radius 2 is 1.94 bits per heavy atom. The Bertz CT molecular complexity index is 640. The molecule has 1 heterocycles. The molecule has 0 aliphatic heterocycles. The molecular weight excluding hydrogens is 198 g/mol. The zero-order valence-corrected chi connectivity index (χ0v) is 8.59. The number of nitrogens with zero attached hydrogens (tertiary/aromatic N) is 1. The van der Waals surface area contributed by atoms with E-state index in [1.54, 1.807) is 6.07 Å². The third-order valence-electron chi connectivity index (χ3n) is 2.68. The molecule has 0 aliphatic rings. The largest absolute Gasteiger partial charge is 0.506 e. The summed E-state index contributed by atoms with van der Waals surface area (Å²) in [6.07, 6.45) is 1.95. The maximum atomic E-state index is 9.81. The highest BCUT2D eigenvalue weighted by Crippen LogP contribution is 2.25. The minimum atomic E-state index is 0.285. The van der Waals surface area contributed by atoms with E-state index in [2.05, 4.69) is 6.07 Å². The summed E-state index contributed by atoms with van der Waals surface area (Å²) in [5.41, 5.74) is 1.86. The van der Waals surface area contributed by atoms with Gasteiger partial charge in [0.15, 0.2) is 0 Å². The summed E-state index contributed by atoms with van der Waals surface area (Å²) in [5, 5.41) is 10.9. The van der Waals surface area contributed by atoms with Crippen molar-refractivity contribution >= 4 is 10.9 Å². The van der Waals surface area contributed by atoms with Crippen molar-refractivity contribution in [2.45, 2.75) is 0 Å². The van der Waals surface area contributed by atoms with Gasteiger partial charge in [-0.3, -0.25) is 0 Å². The highest BCUT2D eigenvalue weighted by atomic mass is 16.3. The van der Waals surface area contributed by atoms with Crippen molar-refractivity contribution in [3.05, 3.63) is 60.8 Å². The van der Waals surface area contributed by atoms with E-state index in [4.69, 9.17) is 0 Å². The lowest BCUT2D eigenvalue weighted by Crippen LogP contribution is -1.91. The van der Waals surface area contributed by atoms with Gasteiger partial charge in [-0.15, -0.1) is 0 Å². The predicted octanol–water partition coefficient (Wildman–Crippen LogP) is 3.14. The van der Waals surface area contributed by atoms with Crippen molar-refractivity contribution in [3.8, 4) is 11.4 Å². The lowest BCUT2D eigenvalue weighted by molar-refractivity contribution is 0.473. The molecule has 0 spiro atoms. The van der Waals surface area contributed by atoms with Crippen LogP contribution in [0.5, 0.6) is 5.75 Å². The lowest BCUT2D eigenvalue weighted by atomic mass is 10.2. The van der Waals surface area contributed by atoms with Gasteiger partial charge in [0, 0.05) is 11.6 Å². The highest BCUT2D eigenvalue weighted by molar-refractivity contribution is 5.82. The maximum Gasteiger partial charge on any atom is 0.139 e. The number of phenolic OH excluding ortho intramolecular Hbond substituents is 1. The summed E-state index contributed by atoms with van der Waals surface area (Å²) >= 11 is 0. The van der Waals surface area contributed by atoms with Gasteiger partial charge in [-0.1, -0.05) is 18.2 Å². The van der Waals surface area contributed by atoms with Gasteiger partial charge in [-0.25, -0.2) is 0 Å². The van der Waals surface area contributed by atoms with Gasteiger partial charge in [0.1, 0.15) is 5.75 Å². The zero-order chi connectivity index (χ0) is 11.0. The molecule has 1 aromatic heterocycles. The van der Waals surface area contributed by atoms with Crippen LogP contribution < -0.4 is 0 Å². The standard InChI is InChI=1S/C14H10NO/c16-14-8-4-3-7-13(14)15-10-9-11-5-1-2-6-12(11)15/h2-10,16H. The number of hydrogen-bond donors (Lipinski definition) is 1. The van der Waals surface area contributed by atoms with Crippen LogP contribution in [0.2, 0.25) is 0 Å². The molecule has 3 rings (SSSR count). The van der Waals surface area contributed by atoms with Gasteiger partial charge in [0.2, 0.25) is 0 Å². The van der Waals surface area contributed by atoms with Crippen LogP contribution in [0, 0.1) is 6.07 Å². The number of rotatable bonds is 1. The fraction of sp³-hybridized carbons (Fsp3) is 0. The quantitative estimate of drug-likeness (QED) is 0.653. The number of fused-ring (bicyclic) bond motifs is 1. The first kappa shape index (κ1) is 9.04. The monoisotopic (exact) mass is 208 g/mol. The Labute approximate surface area is 93.4 Å². The van der Waals surface area contributed by atoms with Crippen LogP contribution in [-0.2, 0) is 0 Å². The third-order valence-corrected chi connectivity index (χ3v) is 2.68. The highest BCUT2D eigenvalue weighted by Gasteiger charge is 2.05. The Morgan fingerprint density at radius 1 is 1.06 bits per heavy atom. The number of phenols is 1. The fourth-order valence-corrected chi connectivity index (χ4v) is 1.90. The molecular formula is C14H10NO. The summed E-state index contributed by atoms with van der Waals surface area (Å²) < 4.78 is 1.97. The molecule has 1 radical (unpaired) electrons. The molecule has 0 aliphatic carbocycles. The number of aromatic hydroxyl groups is 1. The van der Waals surface area contributed by atoms with E-state index in [1.807, 2.05) is 53.2 Å². The summed E-state index contributed by atoms with van der Waals surface area (Å²) in [6.45, 7) is 0. The van der Waals surface area contributed by atoms with Crippen LogP contribution in [0.25, 0.3) is 16.6 Å². The van der Waals surface area contributed by atoms with E-state index < -0.39 is 0 Å². The van der Waals surface area contributed by atoms with Crippen molar-refractivity contribution in [2.24, 2.45) is 0 Å². The molecule has 16 heavy (non-hydrogen) atoms. The van der Waals surface area contributed by atoms with Crippen molar-refractivity contribution in [3.63, 3.8) is 0 Å². The van der Waals surface area contributed by atoms with Crippen LogP contribution in [0.1, 0.15) is 0 Å². The predicted molar refractivity (Wildman–Crippen MR) is 63.8 cm³/mol. The summed E-state index contributed by atoms with van der Waals surface area (Å²) in [5.74, 6) is 0.285. The molecule has 0 atom stereocenters. The Kier molecular flexibility index (Phi) is 1.93. The molecule has 2 heteroatoms. The van der Waals surface area contributed by atoms with E-state index in [0.29, 0.717) is 0 Å². The summed E-state index contributed by atoms with van der Waals surface area (Å²) in [6, 6.07) is 18.2. The number of aromatic nitrogens is 1. The van der Waals surface area contributed by atoms with E-state index in [9.17, 15) is 5.11 Å². The third kappa shape index (κ3) is 1.27. The average Bonchev–Trinajstić information content (AvgIpc) is 2.74. The molecule has 1 N–H and O–H groups in total. The van der Waals surface area contributed by atoms with Crippen molar-refractivity contribution in [2.75, 3.05) is 0 Å².